The van der Waals surface area contributed by atoms with Crippen LogP contribution in [-0.2, 0) is 23.8 Å². The van der Waals surface area contributed by atoms with E-state index < -0.39 is 83.1 Å². The molecule has 1 aliphatic carbocycles. The summed E-state index contributed by atoms with van der Waals surface area (Å²) in [7, 11) is 3.53. The number of esters is 1. The lowest BCUT2D eigenvalue weighted by atomic mass is 9.78. The number of phenols is 1. The fraction of sp³-hybridized carbons (Fsp3) is 0.578. The number of aliphatic hydroxyl groups excluding tert-OH is 2. The lowest BCUT2D eigenvalue weighted by Gasteiger charge is -2.38. The van der Waals surface area contributed by atoms with Crippen LogP contribution in [0.2, 0.25) is 0 Å². The highest BCUT2D eigenvalue weighted by Gasteiger charge is 2.52. The third kappa shape index (κ3) is 8.16. The second-order valence-corrected chi connectivity index (χ2v) is 17.2. The summed E-state index contributed by atoms with van der Waals surface area (Å²) >= 11 is 0. The number of carbonyl (C=O) groups is 4. The number of benzene rings is 1. The van der Waals surface area contributed by atoms with Crippen molar-refractivity contribution in [2.75, 3.05) is 27.2 Å². The molecule has 5 N–H and O–H groups in total. The maximum atomic E-state index is 14.7. The predicted molar refractivity (Wildman–Crippen MR) is 222 cm³/mol. The van der Waals surface area contributed by atoms with Gasteiger partial charge in [0.1, 0.15) is 23.3 Å². The highest BCUT2D eigenvalue weighted by molar-refractivity contribution is 6.34. The largest absolute Gasteiger partial charge is 0.507 e. The van der Waals surface area contributed by atoms with Crippen LogP contribution in [0.3, 0.4) is 0 Å². The van der Waals surface area contributed by atoms with E-state index in [2.05, 4.69) is 22.6 Å². The summed E-state index contributed by atoms with van der Waals surface area (Å²) in [5.74, 6) is -7.25. The lowest BCUT2D eigenvalue weighted by Crippen LogP contribution is -2.46. The van der Waals surface area contributed by atoms with Gasteiger partial charge in [0.05, 0.1) is 47.1 Å². The van der Waals surface area contributed by atoms with Crippen LogP contribution in [0.15, 0.2) is 52.5 Å². The molecule has 0 spiro atoms. The van der Waals surface area contributed by atoms with Gasteiger partial charge < -0.3 is 44.9 Å². The van der Waals surface area contributed by atoms with Gasteiger partial charge in [-0.3, -0.25) is 29.1 Å². The molecule has 15 heteroatoms. The highest BCUT2D eigenvalue weighted by Crippen LogP contribution is 2.49. The van der Waals surface area contributed by atoms with Gasteiger partial charge >= 0.3 is 11.8 Å². The number of likely N-dealkylation sites (N-methyl/N-ethyl adjacent to an activating group) is 1. The smallest absolute Gasteiger partial charge is 0.312 e. The van der Waals surface area contributed by atoms with E-state index in [1.165, 1.54) is 34.1 Å². The van der Waals surface area contributed by atoms with Crippen molar-refractivity contribution in [1.82, 2.24) is 15.5 Å². The fourth-order valence-electron chi connectivity index (χ4n) is 9.27. The van der Waals surface area contributed by atoms with Crippen LogP contribution in [0.4, 0.5) is 0 Å². The number of rotatable bonds is 2. The zero-order valence-electron chi connectivity index (χ0n) is 36.2. The average molecular weight is 833 g/mol. The number of fused-ring (bicyclic) bond motifs is 5. The van der Waals surface area contributed by atoms with Crippen molar-refractivity contribution >= 4 is 29.2 Å². The molecule has 4 aliphatic heterocycles. The standard InChI is InChI=1S/C45H60N4O11/c1-21-12-11-13-22(2)44(56)48-36-35-34(46-18-16-28-14-15-29(20-47-35)49(28)9)31-32(40(36)54)39(53)26(6)42-33(31)43(55)45(8,60-42)58-19-17-30(57-10)23(3)41(59-27(7)50)25(5)38(52)24(4)37(21)51/h11-13,17,19,21,23-25,28-30,37-38,41,47,51-53H,14-16,18,20H2,1-10H3,(H,48,56)/b12-11+,19-17+,22-13-,46-34-/t21-,23+,24+,25+,28+,29-,30-,37-,38+,41+,45-/m0/s1. The average Bonchev–Trinajstić information content (AvgIpc) is 3.68. The lowest BCUT2D eigenvalue weighted by molar-refractivity contribution is -0.160. The summed E-state index contributed by atoms with van der Waals surface area (Å²) in [6.45, 7) is 13.6. The van der Waals surface area contributed by atoms with E-state index in [4.69, 9.17) is 23.9 Å². The minimum absolute atomic E-state index is 0.0145. The first-order valence-electron chi connectivity index (χ1n) is 20.8. The van der Waals surface area contributed by atoms with Crippen molar-refractivity contribution in [3.05, 3.63) is 69.8 Å². The number of nitrogens with one attached hydrogen (secondary N) is 2. The van der Waals surface area contributed by atoms with Gasteiger partial charge in [0.15, 0.2) is 0 Å². The summed E-state index contributed by atoms with van der Waals surface area (Å²) in [6.07, 6.45) is 6.50. The van der Waals surface area contributed by atoms with Gasteiger partial charge in [-0.2, -0.15) is 0 Å². The van der Waals surface area contributed by atoms with E-state index >= 15 is 0 Å². The third-order valence-corrected chi connectivity index (χ3v) is 13.2. The molecular formula is C45H60N4O11. The van der Waals surface area contributed by atoms with Crippen molar-refractivity contribution in [1.29, 1.82) is 0 Å². The van der Waals surface area contributed by atoms with Gasteiger partial charge in [0.25, 0.3) is 11.7 Å². The van der Waals surface area contributed by atoms with Crippen LogP contribution >= 0.6 is 0 Å². The first-order chi connectivity index (χ1) is 28.3. The third-order valence-electron chi connectivity index (χ3n) is 13.2. The van der Waals surface area contributed by atoms with Gasteiger partial charge in [-0.15, -0.1) is 0 Å². The normalized spacial score (nSPS) is 37.0. The molecule has 0 aromatic heterocycles. The monoisotopic (exact) mass is 832 g/mol. The van der Waals surface area contributed by atoms with Crippen LogP contribution in [0, 0.1) is 30.6 Å². The summed E-state index contributed by atoms with van der Waals surface area (Å²) in [6, 6.07) is 0.402. The molecule has 5 aliphatic rings. The number of phenolic OH excluding ortho intramolecular Hbond substituents is 1. The second-order valence-electron chi connectivity index (χ2n) is 17.2. The molecule has 15 nitrogen and oxygen atoms in total. The van der Waals surface area contributed by atoms with Crippen molar-refractivity contribution in [3.8, 4) is 11.5 Å². The summed E-state index contributed by atoms with van der Waals surface area (Å²) in [5, 5.41) is 41.0. The van der Waals surface area contributed by atoms with Crippen LogP contribution in [0.25, 0.3) is 0 Å². The van der Waals surface area contributed by atoms with E-state index in [0.717, 1.165) is 12.8 Å². The number of ketones is 2. The number of amides is 1. The Labute approximate surface area is 351 Å². The zero-order valence-corrected chi connectivity index (χ0v) is 36.2. The predicted octanol–water partition coefficient (Wildman–Crippen LogP) is 4.02. The Kier molecular flexibility index (Phi) is 13.1. The van der Waals surface area contributed by atoms with Crippen molar-refractivity contribution in [3.63, 3.8) is 0 Å². The molecule has 1 aromatic carbocycles. The topological polar surface area (TPSA) is 206 Å². The quantitative estimate of drug-likeness (QED) is 0.268. The Morgan fingerprint density at radius 1 is 0.950 bits per heavy atom. The van der Waals surface area contributed by atoms with Gasteiger partial charge in [0, 0.05) is 86.5 Å². The highest BCUT2D eigenvalue weighted by atomic mass is 16.7. The van der Waals surface area contributed by atoms with E-state index in [0.29, 0.717) is 19.5 Å². The van der Waals surface area contributed by atoms with E-state index in [1.807, 2.05) is 0 Å². The van der Waals surface area contributed by atoms with Crippen molar-refractivity contribution in [2.45, 2.75) is 117 Å². The van der Waals surface area contributed by atoms with Crippen molar-refractivity contribution in [2.24, 2.45) is 28.7 Å². The van der Waals surface area contributed by atoms with Crippen LogP contribution in [0.1, 0.15) is 99.6 Å². The number of aliphatic imine (C=N–C) groups is 1. The Balaban J connectivity index is 1.51. The number of Topliss-reactive ketones (excluding diaryl/α,β-unsaturated/α-hetero) is 2. The Morgan fingerprint density at radius 3 is 2.33 bits per heavy atom. The molecule has 0 radical (unpaired) electrons. The first kappa shape index (κ1) is 44.7. The van der Waals surface area contributed by atoms with Gasteiger partial charge in [-0.25, -0.2) is 0 Å². The fourth-order valence-corrected chi connectivity index (χ4v) is 9.27. The van der Waals surface area contributed by atoms with Crippen LogP contribution < -0.4 is 15.4 Å². The number of hydrogen-bond acceptors (Lipinski definition) is 14. The summed E-state index contributed by atoms with van der Waals surface area (Å²) in [4.78, 5) is 63.1. The second kappa shape index (κ2) is 17.6. The number of hydrogen-bond donors (Lipinski definition) is 5. The van der Waals surface area contributed by atoms with Crippen molar-refractivity contribution < 1.29 is 53.4 Å². The molecule has 0 unspecified atom stereocenters. The number of aliphatic hydroxyl groups is 2. The SMILES string of the molecule is CO[C@H]1/C=C/O[C@@]2(C)Oc3c(C)c(O)c4c(c3C2=O)/C2=N/CC[C@H]3CC[C@@H](CNC2=C(NC(=O)/C(C)=C\C=C\[C@H](C)[C@H](O)[C@@H](C)[C@@H](O)[C@@H](C)[C@H](OC(C)=O)[C@@H]1C)C4=O)N3C. The molecule has 0 saturated carbocycles. The van der Waals surface area contributed by atoms with Gasteiger partial charge in [-0.05, 0) is 46.2 Å². The number of allylic oxidation sites excluding steroid dienone is 4. The molecule has 1 amide bonds. The Hall–Kier alpha value is -4.83. The number of carbonyl (C=O) groups excluding carboxylic acids is 4. The van der Waals surface area contributed by atoms with E-state index in [1.54, 1.807) is 58.9 Å². The number of aromatic hydroxyl groups is 1. The Morgan fingerprint density at radius 2 is 1.65 bits per heavy atom. The maximum Gasteiger partial charge on any atom is 0.312 e. The number of methoxy groups -OCH3 is 1. The van der Waals surface area contributed by atoms with Crippen LogP contribution in [0.5, 0.6) is 11.5 Å². The van der Waals surface area contributed by atoms with E-state index in [-0.39, 0.29) is 62.8 Å². The molecule has 326 valence electrons. The first-order valence-corrected chi connectivity index (χ1v) is 20.8. The minimum atomic E-state index is -1.97. The van der Waals surface area contributed by atoms with Gasteiger partial charge in [0.2, 0.25) is 5.78 Å². The molecular weight excluding hydrogens is 773 g/mol. The molecule has 1 saturated heterocycles. The molecule has 7 bridgehead atoms. The van der Waals surface area contributed by atoms with E-state index in [9.17, 15) is 34.5 Å². The van der Waals surface area contributed by atoms with Gasteiger partial charge in [-0.1, -0.05) is 45.9 Å². The molecule has 1 aromatic rings. The maximum absolute atomic E-state index is 14.7. The molecule has 11 atom stereocenters. The van der Waals surface area contributed by atoms with Crippen LogP contribution in [-0.4, -0.2) is 119 Å². The minimum Gasteiger partial charge on any atom is -0.507 e. The summed E-state index contributed by atoms with van der Waals surface area (Å²) < 4.78 is 24.0. The molecule has 4 heterocycles. The summed E-state index contributed by atoms with van der Waals surface area (Å²) in [5.41, 5.74) is 0.621. The Bertz CT molecular complexity index is 2070. The number of nitrogens with zero attached hydrogens (tertiary/aromatic N) is 2. The molecule has 6 rings (SSSR count). The number of ether oxygens (including phenoxy) is 4. The molecule has 60 heavy (non-hydrogen) atoms. The molecule has 1 fully saturated rings. The zero-order chi connectivity index (χ0) is 44.0.